The molecule has 4 heteroatoms. The van der Waals surface area contributed by atoms with Gasteiger partial charge in [0.2, 0.25) is 5.95 Å². The Kier molecular flexibility index (Phi) is 4.38. The second-order valence-electron chi connectivity index (χ2n) is 6.22. The van der Waals surface area contributed by atoms with Gasteiger partial charge in [-0.2, -0.15) is 5.10 Å². The highest BCUT2D eigenvalue weighted by Gasteiger charge is 2.24. The average molecular weight is 262 g/mol. The Hall–Kier alpha value is -1.19. The minimum Gasteiger partial charge on any atom is -0.340 e. The predicted octanol–water partition coefficient (Wildman–Crippen LogP) is 3.01. The van der Waals surface area contributed by atoms with Crippen LogP contribution in [0.5, 0.6) is 0 Å². The maximum Gasteiger partial charge on any atom is 0.245 e. The topological polar surface area (TPSA) is 41.9 Å². The summed E-state index contributed by atoms with van der Waals surface area (Å²) in [6, 6.07) is 0. The van der Waals surface area contributed by atoms with Crippen molar-refractivity contribution in [1.82, 2.24) is 15.2 Å². The molecule has 0 N–H and O–H groups in total. The zero-order valence-corrected chi connectivity index (χ0v) is 12.7. The Morgan fingerprint density at radius 1 is 1.00 bits per heavy atom. The summed E-state index contributed by atoms with van der Waals surface area (Å²) in [6.07, 6.45) is 5.55. The monoisotopic (exact) mass is 262 g/mol. The van der Waals surface area contributed by atoms with E-state index in [0.29, 0.717) is 5.41 Å². The number of anilines is 1. The smallest absolute Gasteiger partial charge is 0.245 e. The molecule has 2 heterocycles. The Morgan fingerprint density at radius 3 is 2.42 bits per heavy atom. The number of nitrogens with zero attached hydrogens (tertiary/aromatic N) is 4. The lowest BCUT2D eigenvalue weighted by atomic mass is 9.85. The molecule has 1 aliphatic rings. The maximum atomic E-state index is 4.73. The number of aromatic nitrogens is 3. The van der Waals surface area contributed by atoms with E-state index in [-0.39, 0.29) is 0 Å². The lowest BCUT2D eigenvalue weighted by molar-refractivity contribution is 0.325. The largest absolute Gasteiger partial charge is 0.340 e. The molecule has 1 fully saturated rings. The highest BCUT2D eigenvalue weighted by Crippen LogP contribution is 2.30. The van der Waals surface area contributed by atoms with Crippen molar-refractivity contribution >= 4 is 5.95 Å². The minimum absolute atomic E-state index is 0.444. The van der Waals surface area contributed by atoms with Gasteiger partial charge in [-0.15, -0.1) is 5.10 Å². The van der Waals surface area contributed by atoms with E-state index in [2.05, 4.69) is 42.8 Å². The molecule has 1 aliphatic heterocycles. The Balaban J connectivity index is 2.17. The summed E-state index contributed by atoms with van der Waals surface area (Å²) in [5.74, 6) is 0.826. The van der Waals surface area contributed by atoms with E-state index in [4.69, 9.17) is 4.98 Å². The molecular formula is C15H26N4. The van der Waals surface area contributed by atoms with Crippen molar-refractivity contribution in [3.05, 3.63) is 11.4 Å². The fourth-order valence-corrected chi connectivity index (χ4v) is 2.69. The summed E-state index contributed by atoms with van der Waals surface area (Å²) in [5.41, 5.74) is 2.59. The van der Waals surface area contributed by atoms with Gasteiger partial charge in [-0.3, -0.25) is 0 Å². The zero-order valence-electron chi connectivity index (χ0n) is 12.7. The van der Waals surface area contributed by atoms with Gasteiger partial charge in [0, 0.05) is 13.1 Å². The van der Waals surface area contributed by atoms with Crippen molar-refractivity contribution in [3.8, 4) is 0 Å². The summed E-state index contributed by atoms with van der Waals surface area (Å²) in [5, 5.41) is 8.69. The normalized spacial score (nSPS) is 19.3. The first kappa shape index (κ1) is 14.2. The van der Waals surface area contributed by atoms with Gasteiger partial charge in [0.15, 0.2) is 0 Å². The van der Waals surface area contributed by atoms with Crippen LogP contribution < -0.4 is 4.90 Å². The summed E-state index contributed by atoms with van der Waals surface area (Å²) in [4.78, 5) is 7.03. The molecule has 0 atom stereocenters. The van der Waals surface area contributed by atoms with Crippen LogP contribution in [0.2, 0.25) is 0 Å². The molecule has 0 bridgehead atoms. The average Bonchev–Trinajstić information content (AvgIpc) is 2.59. The molecule has 0 spiro atoms. The SMILES string of the molecule is CCc1nnc(N2CCCC(C)(C)CC2)nc1CC. The maximum absolute atomic E-state index is 4.73. The van der Waals surface area contributed by atoms with Crippen molar-refractivity contribution in [2.24, 2.45) is 5.41 Å². The van der Waals surface area contributed by atoms with E-state index in [1.54, 1.807) is 0 Å². The van der Waals surface area contributed by atoms with Gasteiger partial charge in [0.25, 0.3) is 0 Å². The fourth-order valence-electron chi connectivity index (χ4n) is 2.69. The second kappa shape index (κ2) is 5.85. The molecular weight excluding hydrogens is 236 g/mol. The Labute approximate surface area is 116 Å². The van der Waals surface area contributed by atoms with E-state index in [9.17, 15) is 0 Å². The summed E-state index contributed by atoms with van der Waals surface area (Å²) in [7, 11) is 0. The van der Waals surface area contributed by atoms with Crippen LogP contribution in [0.3, 0.4) is 0 Å². The lowest BCUT2D eigenvalue weighted by Gasteiger charge is -2.23. The molecule has 1 saturated heterocycles. The van der Waals surface area contributed by atoms with E-state index >= 15 is 0 Å². The van der Waals surface area contributed by atoms with Crippen LogP contribution >= 0.6 is 0 Å². The molecule has 0 saturated carbocycles. The number of aryl methyl sites for hydroxylation is 2. The van der Waals surface area contributed by atoms with E-state index in [1.165, 1.54) is 19.3 Å². The van der Waals surface area contributed by atoms with Gasteiger partial charge in [-0.1, -0.05) is 27.7 Å². The molecule has 0 amide bonds. The predicted molar refractivity (Wildman–Crippen MR) is 78.4 cm³/mol. The first-order valence-corrected chi connectivity index (χ1v) is 7.53. The molecule has 1 aromatic rings. The quantitative estimate of drug-likeness (QED) is 0.839. The molecule has 4 nitrogen and oxygen atoms in total. The van der Waals surface area contributed by atoms with Crippen molar-refractivity contribution < 1.29 is 0 Å². The third-order valence-electron chi connectivity index (χ3n) is 4.12. The second-order valence-corrected chi connectivity index (χ2v) is 6.22. The van der Waals surface area contributed by atoms with E-state index < -0.39 is 0 Å². The Morgan fingerprint density at radius 2 is 1.74 bits per heavy atom. The van der Waals surface area contributed by atoms with Crippen molar-refractivity contribution in [3.63, 3.8) is 0 Å². The standard InChI is InChI=1S/C15H26N4/c1-5-12-13(6-2)17-18-14(16-12)19-10-7-8-15(3,4)9-11-19/h5-11H2,1-4H3. The Bertz CT molecular complexity index is 428. The highest BCUT2D eigenvalue weighted by molar-refractivity contribution is 5.30. The van der Waals surface area contributed by atoms with Gasteiger partial charge in [0.1, 0.15) is 0 Å². The van der Waals surface area contributed by atoms with Crippen LogP contribution in [0.1, 0.15) is 58.3 Å². The van der Waals surface area contributed by atoms with Crippen molar-refractivity contribution in [2.45, 2.75) is 59.8 Å². The fraction of sp³-hybridized carbons (Fsp3) is 0.800. The third-order valence-corrected chi connectivity index (χ3v) is 4.12. The van der Waals surface area contributed by atoms with Gasteiger partial charge >= 0.3 is 0 Å². The van der Waals surface area contributed by atoms with Crippen LogP contribution in [0.15, 0.2) is 0 Å². The molecule has 2 rings (SSSR count). The summed E-state index contributed by atoms with van der Waals surface area (Å²) in [6.45, 7) is 11.1. The minimum atomic E-state index is 0.444. The first-order valence-electron chi connectivity index (χ1n) is 7.53. The van der Waals surface area contributed by atoms with Crippen LogP contribution in [0.4, 0.5) is 5.95 Å². The third kappa shape index (κ3) is 3.43. The van der Waals surface area contributed by atoms with Crippen LogP contribution in [-0.4, -0.2) is 28.3 Å². The van der Waals surface area contributed by atoms with Crippen molar-refractivity contribution in [2.75, 3.05) is 18.0 Å². The number of hydrogen-bond donors (Lipinski definition) is 0. The van der Waals surface area contributed by atoms with Gasteiger partial charge in [-0.25, -0.2) is 4.98 Å². The highest BCUT2D eigenvalue weighted by atomic mass is 15.3. The zero-order chi connectivity index (χ0) is 13.9. The van der Waals surface area contributed by atoms with Gasteiger partial charge < -0.3 is 4.90 Å². The van der Waals surface area contributed by atoms with Crippen LogP contribution in [0, 0.1) is 5.41 Å². The summed E-state index contributed by atoms with van der Waals surface area (Å²) < 4.78 is 0. The lowest BCUT2D eigenvalue weighted by Crippen LogP contribution is -2.28. The molecule has 106 valence electrons. The first-order chi connectivity index (χ1) is 9.05. The summed E-state index contributed by atoms with van der Waals surface area (Å²) >= 11 is 0. The molecule has 19 heavy (non-hydrogen) atoms. The van der Waals surface area contributed by atoms with Crippen molar-refractivity contribution in [1.29, 1.82) is 0 Å². The van der Waals surface area contributed by atoms with Gasteiger partial charge in [0.05, 0.1) is 11.4 Å². The van der Waals surface area contributed by atoms with Gasteiger partial charge in [-0.05, 0) is 37.5 Å². The molecule has 1 aromatic heterocycles. The van der Waals surface area contributed by atoms with E-state index in [1.807, 2.05) is 0 Å². The van der Waals surface area contributed by atoms with E-state index in [0.717, 1.165) is 43.3 Å². The molecule has 0 aromatic carbocycles. The molecule has 0 aliphatic carbocycles. The van der Waals surface area contributed by atoms with Crippen LogP contribution in [-0.2, 0) is 12.8 Å². The molecule has 0 radical (unpaired) electrons. The van der Waals surface area contributed by atoms with Crippen LogP contribution in [0.25, 0.3) is 0 Å². The number of rotatable bonds is 3. The number of hydrogen-bond acceptors (Lipinski definition) is 4. The molecule has 0 unspecified atom stereocenters.